The van der Waals surface area contributed by atoms with Gasteiger partial charge in [-0.2, -0.15) is 0 Å². The normalized spacial score (nSPS) is 22.6. The number of carbonyl (C=O) groups excluding carboxylic acids is 3. The van der Waals surface area contributed by atoms with Crippen molar-refractivity contribution >= 4 is 17.8 Å². The molecule has 0 radical (unpaired) electrons. The van der Waals surface area contributed by atoms with E-state index < -0.39 is 16.6 Å². The fourth-order valence-corrected chi connectivity index (χ4v) is 5.01. The highest BCUT2D eigenvalue weighted by Gasteiger charge is 2.61. The van der Waals surface area contributed by atoms with Crippen molar-refractivity contribution in [3.8, 4) is 0 Å². The van der Waals surface area contributed by atoms with Crippen LogP contribution in [-0.4, -0.2) is 50.9 Å². The van der Waals surface area contributed by atoms with E-state index in [9.17, 15) is 14.4 Å². The smallest absolute Gasteiger partial charge is 0.323 e. The molecule has 1 spiro atoms. The Kier molecular flexibility index (Phi) is 5.47. The zero-order valence-corrected chi connectivity index (χ0v) is 18.0. The summed E-state index contributed by atoms with van der Waals surface area (Å²) in [5.74, 6) is -0.333. The van der Waals surface area contributed by atoms with Crippen LogP contribution < -0.4 is 10.7 Å². The highest BCUT2D eigenvalue weighted by molar-refractivity contribution is 6.07. The van der Waals surface area contributed by atoms with Crippen LogP contribution in [0.5, 0.6) is 0 Å². The topological polar surface area (TPSA) is 81.8 Å². The molecular formula is C22H32N4O3. The van der Waals surface area contributed by atoms with E-state index in [-0.39, 0.29) is 17.8 Å². The first-order valence-corrected chi connectivity index (χ1v) is 10.3. The molecule has 2 heterocycles. The van der Waals surface area contributed by atoms with Gasteiger partial charge in [-0.3, -0.25) is 19.9 Å². The lowest BCUT2D eigenvalue weighted by Gasteiger charge is -2.57. The highest BCUT2D eigenvalue weighted by Crippen LogP contribution is 2.45. The summed E-state index contributed by atoms with van der Waals surface area (Å²) in [6.45, 7) is 10.5. The van der Waals surface area contributed by atoms with Gasteiger partial charge >= 0.3 is 6.03 Å². The molecule has 3 rings (SSSR count). The van der Waals surface area contributed by atoms with Crippen molar-refractivity contribution in [2.45, 2.75) is 76.9 Å². The maximum Gasteiger partial charge on any atom is 0.325 e. The third-order valence-electron chi connectivity index (χ3n) is 5.91. The van der Waals surface area contributed by atoms with Gasteiger partial charge in [0.15, 0.2) is 0 Å². The van der Waals surface area contributed by atoms with E-state index in [1.165, 1.54) is 4.90 Å². The van der Waals surface area contributed by atoms with Crippen LogP contribution in [0.15, 0.2) is 30.3 Å². The summed E-state index contributed by atoms with van der Waals surface area (Å²) in [6, 6.07) is 8.76. The largest absolute Gasteiger partial charge is 0.325 e. The van der Waals surface area contributed by atoms with E-state index in [0.717, 1.165) is 12.8 Å². The fraction of sp³-hybridized carbons (Fsp3) is 0.591. The molecule has 0 atom stereocenters. The van der Waals surface area contributed by atoms with Gasteiger partial charge in [0.25, 0.3) is 11.8 Å². The van der Waals surface area contributed by atoms with Crippen molar-refractivity contribution in [1.82, 2.24) is 20.7 Å². The van der Waals surface area contributed by atoms with Crippen molar-refractivity contribution in [2.24, 2.45) is 0 Å². The van der Waals surface area contributed by atoms with Crippen LogP contribution in [0, 0.1) is 0 Å². The van der Waals surface area contributed by atoms with Crippen molar-refractivity contribution < 1.29 is 14.4 Å². The van der Waals surface area contributed by atoms with Gasteiger partial charge < -0.3 is 5.32 Å². The van der Waals surface area contributed by atoms with Crippen molar-refractivity contribution in [3.63, 3.8) is 0 Å². The summed E-state index contributed by atoms with van der Waals surface area (Å²) >= 11 is 0. The van der Waals surface area contributed by atoms with Crippen LogP contribution in [0.1, 0.15) is 70.7 Å². The molecule has 29 heavy (non-hydrogen) atoms. The van der Waals surface area contributed by atoms with Crippen molar-refractivity contribution in [2.75, 3.05) is 6.54 Å². The van der Waals surface area contributed by atoms with E-state index in [1.54, 1.807) is 12.1 Å². The number of carbonyl (C=O) groups is 3. The first kappa shape index (κ1) is 21.3. The predicted octanol–water partition coefficient (Wildman–Crippen LogP) is 3.08. The molecule has 2 aliphatic heterocycles. The first-order chi connectivity index (χ1) is 13.5. The number of nitrogens with zero attached hydrogens (tertiary/aromatic N) is 2. The summed E-state index contributed by atoms with van der Waals surface area (Å²) in [5, 5.41) is 4.93. The van der Waals surface area contributed by atoms with Gasteiger partial charge in [-0.1, -0.05) is 31.5 Å². The number of hydrazine groups is 1. The molecule has 158 valence electrons. The number of hydrogen-bond donors (Lipinski definition) is 2. The predicted molar refractivity (Wildman–Crippen MR) is 111 cm³/mol. The van der Waals surface area contributed by atoms with E-state index in [1.807, 2.05) is 57.8 Å². The summed E-state index contributed by atoms with van der Waals surface area (Å²) in [4.78, 5) is 39.9. The molecule has 1 aromatic carbocycles. The summed E-state index contributed by atoms with van der Waals surface area (Å²) in [7, 11) is 0. The van der Waals surface area contributed by atoms with Crippen LogP contribution in [-0.2, 0) is 4.79 Å². The van der Waals surface area contributed by atoms with E-state index >= 15 is 0 Å². The molecule has 0 unspecified atom stereocenters. The van der Waals surface area contributed by atoms with Crippen molar-refractivity contribution in [3.05, 3.63) is 35.9 Å². The minimum Gasteiger partial charge on any atom is -0.323 e. The Morgan fingerprint density at radius 1 is 1.07 bits per heavy atom. The Balaban J connectivity index is 1.85. The van der Waals surface area contributed by atoms with Crippen LogP contribution in [0.4, 0.5) is 4.79 Å². The molecule has 0 aliphatic carbocycles. The molecule has 4 amide bonds. The zero-order valence-electron chi connectivity index (χ0n) is 18.0. The van der Waals surface area contributed by atoms with Gasteiger partial charge in [0.1, 0.15) is 5.54 Å². The number of amides is 4. The van der Waals surface area contributed by atoms with Gasteiger partial charge in [-0.15, -0.1) is 0 Å². The zero-order chi connectivity index (χ0) is 21.4. The Hall–Kier alpha value is -2.41. The van der Waals surface area contributed by atoms with Crippen LogP contribution in [0.2, 0.25) is 0 Å². The molecular weight excluding hydrogens is 368 g/mol. The van der Waals surface area contributed by atoms with Gasteiger partial charge in [0.05, 0.1) is 0 Å². The quantitative estimate of drug-likeness (QED) is 0.744. The molecule has 2 aliphatic rings. The van der Waals surface area contributed by atoms with Crippen molar-refractivity contribution in [1.29, 1.82) is 0 Å². The number of unbranched alkanes of at least 4 members (excludes halogenated alkanes) is 1. The lowest BCUT2D eigenvalue weighted by molar-refractivity contribution is -0.144. The second-order valence-corrected chi connectivity index (χ2v) is 9.44. The molecule has 2 saturated heterocycles. The van der Waals surface area contributed by atoms with Gasteiger partial charge in [0.2, 0.25) is 0 Å². The lowest BCUT2D eigenvalue weighted by Crippen LogP contribution is -2.73. The third kappa shape index (κ3) is 3.88. The number of piperidine rings is 1. The fourth-order valence-electron chi connectivity index (χ4n) is 5.01. The summed E-state index contributed by atoms with van der Waals surface area (Å²) in [6.07, 6.45) is 2.55. The van der Waals surface area contributed by atoms with Crippen LogP contribution >= 0.6 is 0 Å². The SMILES string of the molecule is CCCCN1C(=O)NC2(CC(C)(C)N(NC(=O)c3ccccc3)C(C)(C)C2)C1=O. The maximum absolute atomic E-state index is 13.3. The van der Waals surface area contributed by atoms with Gasteiger partial charge in [0, 0.05) is 23.2 Å². The Bertz CT molecular complexity index is 786. The second kappa shape index (κ2) is 7.44. The third-order valence-corrected chi connectivity index (χ3v) is 5.91. The first-order valence-electron chi connectivity index (χ1n) is 10.3. The number of rotatable bonds is 5. The van der Waals surface area contributed by atoms with Crippen LogP contribution in [0.3, 0.4) is 0 Å². The highest BCUT2D eigenvalue weighted by atomic mass is 16.2. The number of urea groups is 1. The molecule has 2 N–H and O–H groups in total. The van der Waals surface area contributed by atoms with E-state index in [2.05, 4.69) is 10.7 Å². The van der Waals surface area contributed by atoms with E-state index in [0.29, 0.717) is 24.9 Å². The molecule has 7 nitrogen and oxygen atoms in total. The Morgan fingerprint density at radius 2 is 1.66 bits per heavy atom. The Morgan fingerprint density at radius 3 is 2.21 bits per heavy atom. The number of hydrogen-bond acceptors (Lipinski definition) is 4. The number of imide groups is 1. The molecule has 0 saturated carbocycles. The molecule has 0 aromatic heterocycles. The Labute approximate surface area is 172 Å². The average molecular weight is 401 g/mol. The number of benzene rings is 1. The van der Waals surface area contributed by atoms with Crippen LogP contribution in [0.25, 0.3) is 0 Å². The minimum absolute atomic E-state index is 0.147. The average Bonchev–Trinajstić information content (AvgIpc) is 2.85. The lowest BCUT2D eigenvalue weighted by atomic mass is 9.70. The maximum atomic E-state index is 13.3. The van der Waals surface area contributed by atoms with Gasteiger partial charge in [-0.25, -0.2) is 9.80 Å². The number of nitrogens with one attached hydrogen (secondary N) is 2. The second-order valence-electron chi connectivity index (χ2n) is 9.44. The molecule has 2 fully saturated rings. The minimum atomic E-state index is -0.939. The molecule has 7 heteroatoms. The monoisotopic (exact) mass is 400 g/mol. The van der Waals surface area contributed by atoms with Gasteiger partial charge in [-0.05, 0) is 59.1 Å². The summed E-state index contributed by atoms with van der Waals surface area (Å²) in [5.41, 5.74) is 1.60. The van der Waals surface area contributed by atoms with E-state index in [4.69, 9.17) is 0 Å². The summed E-state index contributed by atoms with van der Waals surface area (Å²) < 4.78 is 0. The standard InChI is InChI=1S/C22H32N4O3/c1-6-7-13-25-18(28)22(23-19(25)29)14-20(2,3)26(21(4,5)15-22)24-17(27)16-11-9-8-10-12-16/h8-12H,6-7,13-15H2,1-5H3,(H,23,29)(H,24,27). The molecule has 1 aromatic rings. The molecule has 0 bridgehead atoms.